The second kappa shape index (κ2) is 8.43. The highest BCUT2D eigenvalue weighted by Crippen LogP contribution is 2.30. The SMILES string of the molecule is CCn1c(CN(C)C)nnc1C1CCN(CC2CCCCC2)CC1. The zero-order chi connectivity index (χ0) is 16.9. The van der Waals surface area contributed by atoms with Crippen molar-refractivity contribution in [1.29, 1.82) is 0 Å². The van der Waals surface area contributed by atoms with Gasteiger partial charge in [-0.2, -0.15) is 0 Å². The molecule has 2 aliphatic rings. The molecule has 136 valence electrons. The molecule has 2 fully saturated rings. The summed E-state index contributed by atoms with van der Waals surface area (Å²) >= 11 is 0. The summed E-state index contributed by atoms with van der Waals surface area (Å²) in [6.45, 7) is 7.87. The Morgan fingerprint density at radius 2 is 1.71 bits per heavy atom. The van der Waals surface area contributed by atoms with Gasteiger partial charge in [0.1, 0.15) is 11.6 Å². The molecule has 0 aromatic carbocycles. The molecule has 0 radical (unpaired) electrons. The lowest BCUT2D eigenvalue weighted by atomic mass is 9.88. The predicted molar refractivity (Wildman–Crippen MR) is 98.1 cm³/mol. The normalized spacial score (nSPS) is 21.7. The smallest absolute Gasteiger partial charge is 0.147 e. The van der Waals surface area contributed by atoms with Crippen molar-refractivity contribution in [3.63, 3.8) is 0 Å². The molecule has 24 heavy (non-hydrogen) atoms. The molecule has 5 nitrogen and oxygen atoms in total. The number of hydrogen-bond donors (Lipinski definition) is 0. The standard InChI is InChI=1S/C19H35N5/c1-4-24-18(15-22(2)3)20-21-19(24)17-10-12-23(13-11-17)14-16-8-6-5-7-9-16/h16-17H,4-15H2,1-3H3. The van der Waals surface area contributed by atoms with Crippen LogP contribution in [-0.4, -0.2) is 58.3 Å². The van der Waals surface area contributed by atoms with E-state index < -0.39 is 0 Å². The van der Waals surface area contributed by atoms with Crippen molar-refractivity contribution in [3.8, 4) is 0 Å². The molecule has 1 aromatic rings. The topological polar surface area (TPSA) is 37.2 Å². The molecule has 0 amide bonds. The van der Waals surface area contributed by atoms with E-state index in [1.807, 2.05) is 0 Å². The first-order valence-corrected chi connectivity index (χ1v) is 9.96. The van der Waals surface area contributed by atoms with Gasteiger partial charge in [0.25, 0.3) is 0 Å². The third-order valence-corrected chi connectivity index (χ3v) is 5.82. The Morgan fingerprint density at radius 1 is 1.00 bits per heavy atom. The van der Waals surface area contributed by atoms with Crippen molar-refractivity contribution < 1.29 is 0 Å². The average molecular weight is 334 g/mol. The van der Waals surface area contributed by atoms with Gasteiger partial charge >= 0.3 is 0 Å². The number of nitrogens with zero attached hydrogens (tertiary/aromatic N) is 5. The summed E-state index contributed by atoms with van der Waals surface area (Å²) in [5, 5.41) is 9.04. The van der Waals surface area contributed by atoms with Gasteiger partial charge in [0.05, 0.1) is 6.54 Å². The highest BCUT2D eigenvalue weighted by Gasteiger charge is 2.27. The lowest BCUT2D eigenvalue weighted by Gasteiger charge is -2.35. The van der Waals surface area contributed by atoms with E-state index in [0.29, 0.717) is 5.92 Å². The van der Waals surface area contributed by atoms with Crippen LogP contribution in [0.25, 0.3) is 0 Å². The predicted octanol–water partition coefficient (Wildman–Crippen LogP) is 3.12. The van der Waals surface area contributed by atoms with E-state index in [1.165, 1.54) is 70.4 Å². The van der Waals surface area contributed by atoms with E-state index in [-0.39, 0.29) is 0 Å². The number of hydrogen-bond acceptors (Lipinski definition) is 4. The fourth-order valence-electron chi connectivity index (χ4n) is 4.50. The molecule has 1 saturated carbocycles. The first-order valence-electron chi connectivity index (χ1n) is 9.96. The number of rotatable bonds is 6. The van der Waals surface area contributed by atoms with Gasteiger partial charge < -0.3 is 14.4 Å². The Labute approximate surface area is 147 Å². The number of piperidine rings is 1. The van der Waals surface area contributed by atoms with Gasteiger partial charge in [-0.15, -0.1) is 10.2 Å². The van der Waals surface area contributed by atoms with Crippen LogP contribution in [0.1, 0.15) is 69.4 Å². The molecular weight excluding hydrogens is 298 g/mol. The first-order chi connectivity index (χ1) is 11.7. The molecule has 1 aromatic heterocycles. The molecule has 0 N–H and O–H groups in total. The van der Waals surface area contributed by atoms with Crippen LogP contribution in [0.15, 0.2) is 0 Å². The summed E-state index contributed by atoms with van der Waals surface area (Å²) in [5.41, 5.74) is 0. The summed E-state index contributed by atoms with van der Waals surface area (Å²) < 4.78 is 2.35. The summed E-state index contributed by atoms with van der Waals surface area (Å²) in [6.07, 6.45) is 9.76. The van der Waals surface area contributed by atoms with Crippen LogP contribution in [0.5, 0.6) is 0 Å². The first kappa shape index (κ1) is 17.9. The van der Waals surface area contributed by atoms with Crippen LogP contribution in [-0.2, 0) is 13.1 Å². The lowest BCUT2D eigenvalue weighted by Crippen LogP contribution is -2.37. The van der Waals surface area contributed by atoms with Crippen LogP contribution in [0, 0.1) is 5.92 Å². The Hall–Kier alpha value is -0.940. The lowest BCUT2D eigenvalue weighted by molar-refractivity contribution is 0.161. The minimum atomic E-state index is 0.593. The minimum absolute atomic E-state index is 0.593. The zero-order valence-corrected chi connectivity index (χ0v) is 15.9. The van der Waals surface area contributed by atoms with E-state index in [0.717, 1.165) is 24.8 Å². The van der Waals surface area contributed by atoms with E-state index in [2.05, 4.69) is 45.6 Å². The maximum atomic E-state index is 4.57. The van der Waals surface area contributed by atoms with Gasteiger partial charge in [0, 0.05) is 19.0 Å². The molecule has 5 heteroatoms. The highest BCUT2D eigenvalue weighted by molar-refractivity contribution is 5.04. The fourth-order valence-corrected chi connectivity index (χ4v) is 4.50. The molecule has 3 rings (SSSR count). The van der Waals surface area contributed by atoms with Crippen molar-refractivity contribution in [3.05, 3.63) is 11.6 Å². The maximum Gasteiger partial charge on any atom is 0.147 e. The van der Waals surface area contributed by atoms with Crippen molar-refractivity contribution in [2.24, 2.45) is 5.92 Å². The quantitative estimate of drug-likeness (QED) is 0.801. The van der Waals surface area contributed by atoms with E-state index >= 15 is 0 Å². The maximum absolute atomic E-state index is 4.57. The third kappa shape index (κ3) is 4.37. The van der Waals surface area contributed by atoms with Crippen molar-refractivity contribution >= 4 is 0 Å². The summed E-state index contributed by atoms with van der Waals surface area (Å²) in [7, 11) is 4.19. The molecular formula is C19H35N5. The van der Waals surface area contributed by atoms with Gasteiger partial charge in [-0.25, -0.2) is 0 Å². The van der Waals surface area contributed by atoms with Crippen LogP contribution >= 0.6 is 0 Å². The molecule has 2 heterocycles. The Morgan fingerprint density at radius 3 is 2.33 bits per heavy atom. The van der Waals surface area contributed by atoms with Crippen molar-refractivity contribution in [1.82, 2.24) is 24.6 Å². The van der Waals surface area contributed by atoms with Gasteiger partial charge in [-0.05, 0) is 65.7 Å². The largest absolute Gasteiger partial charge is 0.314 e. The fraction of sp³-hybridized carbons (Fsp3) is 0.895. The van der Waals surface area contributed by atoms with Crippen molar-refractivity contribution in [2.75, 3.05) is 33.7 Å². The van der Waals surface area contributed by atoms with Crippen LogP contribution < -0.4 is 0 Å². The molecule has 0 atom stereocenters. The van der Waals surface area contributed by atoms with Gasteiger partial charge in [0.15, 0.2) is 0 Å². The Kier molecular flexibility index (Phi) is 6.28. The minimum Gasteiger partial charge on any atom is -0.314 e. The van der Waals surface area contributed by atoms with E-state index in [1.54, 1.807) is 0 Å². The van der Waals surface area contributed by atoms with Crippen molar-refractivity contribution in [2.45, 2.75) is 70.9 Å². The summed E-state index contributed by atoms with van der Waals surface area (Å²) in [5.74, 6) is 3.89. The Balaban J connectivity index is 1.55. The van der Waals surface area contributed by atoms with Gasteiger partial charge in [-0.3, -0.25) is 0 Å². The molecule has 1 aliphatic carbocycles. The van der Waals surface area contributed by atoms with Gasteiger partial charge in [0.2, 0.25) is 0 Å². The highest BCUT2D eigenvalue weighted by atomic mass is 15.3. The molecule has 0 bridgehead atoms. The Bertz CT molecular complexity index is 496. The monoisotopic (exact) mass is 333 g/mol. The summed E-state index contributed by atoms with van der Waals surface area (Å²) in [4.78, 5) is 4.88. The number of aromatic nitrogens is 3. The third-order valence-electron chi connectivity index (χ3n) is 5.82. The molecule has 0 unspecified atom stereocenters. The summed E-state index contributed by atoms with van der Waals surface area (Å²) in [6, 6.07) is 0. The second-order valence-corrected chi connectivity index (χ2v) is 8.04. The molecule has 1 saturated heterocycles. The molecule has 1 aliphatic heterocycles. The van der Waals surface area contributed by atoms with Crippen LogP contribution in [0.4, 0.5) is 0 Å². The van der Waals surface area contributed by atoms with Crippen LogP contribution in [0.3, 0.4) is 0 Å². The zero-order valence-electron chi connectivity index (χ0n) is 15.9. The number of likely N-dealkylation sites (tertiary alicyclic amines) is 1. The van der Waals surface area contributed by atoms with E-state index in [9.17, 15) is 0 Å². The molecule has 0 spiro atoms. The van der Waals surface area contributed by atoms with E-state index in [4.69, 9.17) is 0 Å². The average Bonchev–Trinajstić information content (AvgIpc) is 2.98. The second-order valence-electron chi connectivity index (χ2n) is 8.04. The van der Waals surface area contributed by atoms with Crippen LogP contribution in [0.2, 0.25) is 0 Å². The van der Waals surface area contributed by atoms with Gasteiger partial charge in [-0.1, -0.05) is 19.3 Å².